The third-order valence-electron chi connectivity index (χ3n) is 4.01. The minimum absolute atomic E-state index is 0.0768. The van der Waals surface area contributed by atoms with E-state index in [1.54, 1.807) is 0 Å². The van der Waals surface area contributed by atoms with Crippen molar-refractivity contribution in [1.29, 1.82) is 0 Å². The fourth-order valence-electron chi connectivity index (χ4n) is 2.82. The Morgan fingerprint density at radius 1 is 1.22 bits per heavy atom. The van der Waals surface area contributed by atoms with E-state index in [1.165, 1.54) is 6.42 Å². The van der Waals surface area contributed by atoms with Crippen molar-refractivity contribution < 1.29 is 23.1 Å². The van der Waals surface area contributed by atoms with E-state index in [4.69, 9.17) is 18.5 Å². The van der Waals surface area contributed by atoms with Crippen LogP contribution in [0.4, 0.5) is 0 Å². The first kappa shape index (κ1) is 21.1. The smallest absolute Gasteiger partial charge is 0.330 e. The minimum atomic E-state index is -2.96. The fraction of sp³-hybridized carbons (Fsp3) is 1.00. The third kappa shape index (κ3) is 8.64. The summed E-state index contributed by atoms with van der Waals surface area (Å²) in [7, 11) is -2.96. The Balaban J connectivity index is 2.40. The van der Waals surface area contributed by atoms with E-state index in [0.29, 0.717) is 19.4 Å². The molecule has 6 heteroatoms. The van der Waals surface area contributed by atoms with Gasteiger partial charge in [-0.25, -0.2) is 0 Å². The molecule has 1 aliphatic heterocycles. The van der Waals surface area contributed by atoms with E-state index in [1.807, 2.05) is 13.8 Å². The van der Waals surface area contributed by atoms with Crippen LogP contribution in [-0.2, 0) is 23.1 Å². The molecule has 1 saturated heterocycles. The zero-order valence-electron chi connectivity index (χ0n) is 15.5. The van der Waals surface area contributed by atoms with Gasteiger partial charge in [-0.15, -0.1) is 0 Å². The van der Waals surface area contributed by atoms with Crippen molar-refractivity contribution in [1.82, 2.24) is 0 Å². The molecule has 0 aliphatic carbocycles. The monoisotopic (exact) mass is 350 g/mol. The maximum absolute atomic E-state index is 12.6. The van der Waals surface area contributed by atoms with E-state index in [-0.39, 0.29) is 17.8 Å². The molecule has 2 unspecified atom stereocenters. The summed E-state index contributed by atoms with van der Waals surface area (Å²) in [5.74, 6) is 0.258. The predicted molar refractivity (Wildman–Crippen MR) is 92.9 cm³/mol. The van der Waals surface area contributed by atoms with Gasteiger partial charge in [-0.2, -0.15) is 0 Å². The lowest BCUT2D eigenvalue weighted by molar-refractivity contribution is -0.217. The summed E-state index contributed by atoms with van der Waals surface area (Å²) in [5, 5.41) is 0. The Bertz CT molecular complexity index is 356. The fourth-order valence-corrected chi connectivity index (χ4v) is 4.84. The highest BCUT2D eigenvalue weighted by Crippen LogP contribution is 2.50. The molecule has 0 aromatic heterocycles. The lowest BCUT2D eigenvalue weighted by Gasteiger charge is -2.33. The van der Waals surface area contributed by atoms with Crippen LogP contribution in [0.2, 0.25) is 0 Å². The second-order valence-corrected chi connectivity index (χ2v) is 9.05. The van der Waals surface area contributed by atoms with Crippen LogP contribution >= 0.6 is 7.60 Å². The molecule has 0 aromatic rings. The van der Waals surface area contributed by atoms with Gasteiger partial charge < -0.3 is 18.5 Å². The molecule has 0 saturated carbocycles. The van der Waals surface area contributed by atoms with E-state index < -0.39 is 7.60 Å². The van der Waals surface area contributed by atoms with Crippen LogP contribution in [0, 0.1) is 5.92 Å². The van der Waals surface area contributed by atoms with Gasteiger partial charge in [0, 0.05) is 6.61 Å². The van der Waals surface area contributed by atoms with Crippen molar-refractivity contribution in [2.45, 2.75) is 78.6 Å². The highest BCUT2D eigenvalue weighted by atomic mass is 31.2. The van der Waals surface area contributed by atoms with Crippen LogP contribution < -0.4 is 0 Å². The van der Waals surface area contributed by atoms with E-state index in [0.717, 1.165) is 32.3 Å². The zero-order chi connectivity index (χ0) is 17.3. The Hall–Kier alpha value is 0.0700. The molecule has 23 heavy (non-hydrogen) atoms. The van der Waals surface area contributed by atoms with Gasteiger partial charge in [-0.1, -0.05) is 6.92 Å². The molecule has 1 heterocycles. The average molecular weight is 350 g/mol. The van der Waals surface area contributed by atoms with Gasteiger partial charge in [0.1, 0.15) is 0 Å². The summed E-state index contributed by atoms with van der Waals surface area (Å²) in [5.41, 5.74) is -0.239. The van der Waals surface area contributed by atoms with Crippen LogP contribution in [-0.4, -0.2) is 37.9 Å². The van der Waals surface area contributed by atoms with Crippen LogP contribution in [0.25, 0.3) is 0 Å². The third-order valence-corrected chi connectivity index (χ3v) is 6.39. The maximum atomic E-state index is 12.6. The highest BCUT2D eigenvalue weighted by molar-refractivity contribution is 7.53. The first-order valence-electron chi connectivity index (χ1n) is 8.98. The molecule has 0 amide bonds. The summed E-state index contributed by atoms with van der Waals surface area (Å²) in [6, 6.07) is 0. The van der Waals surface area contributed by atoms with Crippen LogP contribution in [0.15, 0.2) is 0 Å². The van der Waals surface area contributed by atoms with E-state index >= 15 is 0 Å². The van der Waals surface area contributed by atoms with Crippen molar-refractivity contribution in [3.8, 4) is 0 Å². The van der Waals surface area contributed by atoms with Crippen LogP contribution in [0.1, 0.15) is 66.7 Å². The topological polar surface area (TPSA) is 54.0 Å². The van der Waals surface area contributed by atoms with E-state index in [2.05, 4.69) is 20.8 Å². The molecule has 1 aliphatic rings. The van der Waals surface area contributed by atoms with Crippen LogP contribution in [0.3, 0.4) is 0 Å². The zero-order valence-corrected chi connectivity index (χ0v) is 16.4. The molecular weight excluding hydrogens is 315 g/mol. The van der Waals surface area contributed by atoms with Gasteiger partial charge in [-0.3, -0.25) is 4.57 Å². The lowest BCUT2D eigenvalue weighted by Crippen LogP contribution is -2.34. The van der Waals surface area contributed by atoms with Gasteiger partial charge in [0.25, 0.3) is 0 Å². The molecule has 5 nitrogen and oxygen atoms in total. The quantitative estimate of drug-likeness (QED) is 0.491. The molecule has 138 valence electrons. The summed E-state index contributed by atoms with van der Waals surface area (Å²) < 4.78 is 35.1. The van der Waals surface area contributed by atoms with Crippen molar-refractivity contribution in [2.75, 3.05) is 26.0 Å². The highest BCUT2D eigenvalue weighted by Gasteiger charge is 2.29. The summed E-state index contributed by atoms with van der Waals surface area (Å²) in [6.07, 6.45) is 5.47. The average Bonchev–Trinajstić information content (AvgIpc) is 2.46. The van der Waals surface area contributed by atoms with Crippen molar-refractivity contribution in [3.63, 3.8) is 0 Å². The Labute approximate surface area is 141 Å². The van der Waals surface area contributed by atoms with Gasteiger partial charge in [0.2, 0.25) is 0 Å². The molecule has 2 atom stereocenters. The van der Waals surface area contributed by atoms with Crippen LogP contribution in [0.5, 0.6) is 0 Å². The summed E-state index contributed by atoms with van der Waals surface area (Å²) >= 11 is 0. The van der Waals surface area contributed by atoms with Crippen molar-refractivity contribution in [2.24, 2.45) is 5.92 Å². The molecule has 0 aromatic carbocycles. The number of rotatable bonds is 11. The summed E-state index contributed by atoms with van der Waals surface area (Å²) in [4.78, 5) is 0. The normalized spacial score (nSPS) is 21.3. The molecule has 0 bridgehead atoms. The first-order valence-corrected chi connectivity index (χ1v) is 10.7. The minimum Gasteiger partial charge on any atom is -0.353 e. The lowest BCUT2D eigenvalue weighted by atomic mass is 9.96. The maximum Gasteiger partial charge on any atom is 0.330 e. The van der Waals surface area contributed by atoms with Crippen molar-refractivity contribution in [3.05, 3.63) is 0 Å². The first-order chi connectivity index (χ1) is 10.8. The summed E-state index contributed by atoms with van der Waals surface area (Å²) in [6.45, 7) is 11.6. The molecule has 1 fully saturated rings. The molecule has 0 N–H and O–H groups in total. The van der Waals surface area contributed by atoms with Gasteiger partial charge >= 0.3 is 7.60 Å². The predicted octanol–water partition coefficient (Wildman–Crippen LogP) is 4.99. The molecule has 1 rings (SSSR count). The standard InChI is InChI=1S/C17H35O5P/c1-6-20-23(18,21-7-2)14-15(3)11-12-17(4,5)22-16-10-8-9-13-19-16/h15-16H,6-14H2,1-5H3. The van der Waals surface area contributed by atoms with Crippen molar-refractivity contribution >= 4 is 7.60 Å². The second kappa shape index (κ2) is 10.1. The van der Waals surface area contributed by atoms with Gasteiger partial charge in [0.15, 0.2) is 6.29 Å². The Morgan fingerprint density at radius 2 is 1.87 bits per heavy atom. The largest absolute Gasteiger partial charge is 0.353 e. The number of ether oxygens (including phenoxy) is 2. The van der Waals surface area contributed by atoms with E-state index in [9.17, 15) is 4.57 Å². The Morgan fingerprint density at radius 3 is 2.39 bits per heavy atom. The van der Waals surface area contributed by atoms with Gasteiger partial charge in [0.05, 0.1) is 25.0 Å². The molecular formula is C17H35O5P. The molecule has 0 radical (unpaired) electrons. The van der Waals surface area contributed by atoms with Gasteiger partial charge in [-0.05, 0) is 65.7 Å². The number of hydrogen-bond donors (Lipinski definition) is 0. The Kier molecular flexibility index (Phi) is 9.32. The SMILES string of the molecule is CCOP(=O)(CC(C)CCC(C)(C)OC1CCCCO1)OCC. The second-order valence-electron chi connectivity index (χ2n) is 6.95. The molecule has 0 spiro atoms. The number of hydrogen-bond acceptors (Lipinski definition) is 5.